The number of nitrogens with one attached hydrogen (secondary N) is 1. The number of hydrogen-bond donors (Lipinski definition) is 1. The lowest BCUT2D eigenvalue weighted by Crippen LogP contribution is -2.44. The van der Waals surface area contributed by atoms with Crippen molar-refractivity contribution in [2.45, 2.75) is 64.0 Å². The van der Waals surface area contributed by atoms with Crippen LogP contribution < -0.4 is 5.32 Å². The number of rotatable bonds is 12. The third kappa shape index (κ3) is 7.07. The van der Waals surface area contributed by atoms with Crippen LogP contribution in [-0.2, 0) is 14.3 Å². The van der Waals surface area contributed by atoms with Crippen LogP contribution in [0.4, 0.5) is 0 Å². The summed E-state index contributed by atoms with van der Waals surface area (Å²) in [7, 11) is 3.41. The van der Waals surface area contributed by atoms with Crippen LogP contribution in [0, 0.1) is 0 Å². The second-order valence-corrected chi connectivity index (χ2v) is 6.16. The molecule has 5 heteroatoms. The van der Waals surface area contributed by atoms with Crippen molar-refractivity contribution in [2.24, 2.45) is 0 Å². The lowest BCUT2D eigenvalue weighted by Gasteiger charge is -2.22. The Labute approximate surface area is 135 Å². The van der Waals surface area contributed by atoms with Crippen LogP contribution in [0.25, 0.3) is 0 Å². The summed E-state index contributed by atoms with van der Waals surface area (Å²) in [5.41, 5.74) is 0. The van der Waals surface area contributed by atoms with E-state index in [1.165, 1.54) is 32.1 Å². The number of nitrogens with zero attached hydrogens (tertiary/aromatic N) is 1. The van der Waals surface area contributed by atoms with Gasteiger partial charge in [-0.15, -0.1) is 0 Å². The van der Waals surface area contributed by atoms with E-state index in [2.05, 4.69) is 17.1 Å². The fraction of sp³-hybridized carbons (Fsp3) is 0.941. The molecule has 0 bridgehead atoms. The molecule has 0 aliphatic carbocycles. The number of unbranched alkanes of at least 4 members (excludes halogenated alkanes) is 5. The molecule has 1 amide bonds. The minimum atomic E-state index is -0.0693. The molecule has 22 heavy (non-hydrogen) atoms. The first kappa shape index (κ1) is 19.4. The summed E-state index contributed by atoms with van der Waals surface area (Å²) in [6.45, 7) is 5.26. The number of hydrogen-bond acceptors (Lipinski definition) is 4. The van der Waals surface area contributed by atoms with E-state index in [1.54, 1.807) is 14.2 Å². The van der Waals surface area contributed by atoms with Crippen molar-refractivity contribution in [1.29, 1.82) is 0 Å². The molecule has 1 aliphatic rings. The van der Waals surface area contributed by atoms with Gasteiger partial charge in [0.2, 0.25) is 5.91 Å². The van der Waals surface area contributed by atoms with Gasteiger partial charge in [0.15, 0.2) is 0 Å². The summed E-state index contributed by atoms with van der Waals surface area (Å²) < 4.78 is 10.6. The number of ether oxygens (including phenoxy) is 2. The van der Waals surface area contributed by atoms with Crippen LogP contribution in [0.5, 0.6) is 0 Å². The van der Waals surface area contributed by atoms with Crippen molar-refractivity contribution in [3.63, 3.8) is 0 Å². The van der Waals surface area contributed by atoms with Gasteiger partial charge in [0.1, 0.15) is 0 Å². The van der Waals surface area contributed by atoms with Crippen LogP contribution in [0.2, 0.25) is 0 Å². The maximum absolute atomic E-state index is 12.4. The van der Waals surface area contributed by atoms with Crippen LogP contribution in [0.3, 0.4) is 0 Å². The molecular weight excluding hydrogens is 280 g/mol. The number of carbonyl (C=O) groups excluding carboxylic acids is 1. The molecule has 1 heterocycles. The van der Waals surface area contributed by atoms with Crippen LogP contribution in [0.1, 0.15) is 51.9 Å². The van der Waals surface area contributed by atoms with Gasteiger partial charge in [0.05, 0.1) is 18.8 Å². The zero-order valence-electron chi connectivity index (χ0n) is 14.6. The molecule has 1 fully saturated rings. The summed E-state index contributed by atoms with van der Waals surface area (Å²) in [5, 5.41) is 3.09. The largest absolute Gasteiger partial charge is 0.383 e. The normalized spacial score (nSPS) is 22.1. The first-order valence-electron chi connectivity index (χ1n) is 8.76. The second kappa shape index (κ2) is 11.9. The minimum Gasteiger partial charge on any atom is -0.383 e. The molecule has 0 radical (unpaired) electrons. The van der Waals surface area contributed by atoms with Crippen molar-refractivity contribution in [3.05, 3.63) is 0 Å². The number of likely N-dealkylation sites (tertiary alicyclic amines) is 1. The van der Waals surface area contributed by atoms with E-state index in [9.17, 15) is 4.79 Å². The Hall–Kier alpha value is -0.650. The Morgan fingerprint density at radius 2 is 1.91 bits per heavy atom. The molecule has 0 saturated carbocycles. The maximum Gasteiger partial charge on any atom is 0.237 e. The van der Waals surface area contributed by atoms with Gasteiger partial charge in [-0.05, 0) is 12.8 Å². The van der Waals surface area contributed by atoms with Gasteiger partial charge < -0.3 is 14.8 Å². The molecular formula is C17H34N2O3. The highest BCUT2D eigenvalue weighted by molar-refractivity contribution is 5.82. The Balaban J connectivity index is 2.23. The minimum absolute atomic E-state index is 0.0693. The van der Waals surface area contributed by atoms with Gasteiger partial charge >= 0.3 is 0 Å². The predicted molar refractivity (Wildman–Crippen MR) is 89.0 cm³/mol. The monoisotopic (exact) mass is 314 g/mol. The highest BCUT2D eigenvalue weighted by Gasteiger charge is 2.36. The van der Waals surface area contributed by atoms with Gasteiger partial charge in [-0.25, -0.2) is 0 Å². The van der Waals surface area contributed by atoms with Gasteiger partial charge in [0.25, 0.3) is 0 Å². The molecule has 1 rings (SSSR count). The van der Waals surface area contributed by atoms with Gasteiger partial charge in [-0.3, -0.25) is 9.69 Å². The molecule has 2 unspecified atom stereocenters. The highest BCUT2D eigenvalue weighted by Crippen LogP contribution is 2.19. The van der Waals surface area contributed by atoms with E-state index in [0.29, 0.717) is 6.61 Å². The third-order valence-electron chi connectivity index (χ3n) is 4.41. The first-order chi connectivity index (χ1) is 10.7. The summed E-state index contributed by atoms with van der Waals surface area (Å²) in [6.07, 6.45) is 8.40. The first-order valence-corrected chi connectivity index (χ1v) is 8.76. The third-order valence-corrected chi connectivity index (χ3v) is 4.41. The van der Waals surface area contributed by atoms with Gasteiger partial charge in [-0.1, -0.05) is 39.0 Å². The van der Waals surface area contributed by atoms with E-state index >= 15 is 0 Å². The fourth-order valence-electron chi connectivity index (χ4n) is 3.00. The average Bonchev–Trinajstić information content (AvgIpc) is 2.95. The standard InChI is InChI=1S/C17H34N2O3/c1-4-5-6-7-8-9-10-18-17(20)16-13-15(22-3)14-19(16)11-12-21-2/h15-16H,4-14H2,1-3H3,(H,18,20). The maximum atomic E-state index is 12.4. The molecule has 0 aromatic carbocycles. The fourth-order valence-corrected chi connectivity index (χ4v) is 3.00. The summed E-state index contributed by atoms with van der Waals surface area (Å²) in [4.78, 5) is 14.5. The van der Waals surface area contributed by atoms with E-state index in [-0.39, 0.29) is 18.1 Å². The quantitative estimate of drug-likeness (QED) is 0.561. The van der Waals surface area contributed by atoms with Crippen molar-refractivity contribution < 1.29 is 14.3 Å². The molecule has 0 aromatic rings. The summed E-state index contributed by atoms with van der Waals surface area (Å²) in [5.74, 6) is 0.143. The average molecular weight is 314 g/mol. The summed E-state index contributed by atoms with van der Waals surface area (Å²) >= 11 is 0. The number of methoxy groups -OCH3 is 2. The van der Waals surface area contributed by atoms with Crippen molar-refractivity contribution in [3.8, 4) is 0 Å². The Morgan fingerprint density at radius 3 is 2.59 bits per heavy atom. The topological polar surface area (TPSA) is 50.8 Å². The van der Waals surface area contributed by atoms with Crippen LogP contribution in [0.15, 0.2) is 0 Å². The number of carbonyl (C=O) groups is 1. The van der Waals surface area contributed by atoms with Crippen LogP contribution in [-0.4, -0.2) is 63.4 Å². The Morgan fingerprint density at radius 1 is 1.18 bits per heavy atom. The molecule has 5 nitrogen and oxygen atoms in total. The SMILES string of the molecule is CCCCCCCCNC(=O)C1CC(OC)CN1CCOC. The molecule has 2 atom stereocenters. The van der Waals surface area contributed by atoms with Crippen molar-refractivity contribution in [1.82, 2.24) is 10.2 Å². The van der Waals surface area contributed by atoms with Crippen molar-refractivity contribution in [2.75, 3.05) is 40.5 Å². The predicted octanol–water partition coefficient (Wildman–Crippen LogP) is 2.20. The zero-order valence-corrected chi connectivity index (χ0v) is 14.6. The van der Waals surface area contributed by atoms with Crippen LogP contribution >= 0.6 is 0 Å². The second-order valence-electron chi connectivity index (χ2n) is 6.16. The smallest absolute Gasteiger partial charge is 0.237 e. The number of amides is 1. The molecule has 1 N–H and O–H groups in total. The molecule has 1 aliphatic heterocycles. The Kier molecular flexibility index (Phi) is 10.5. The van der Waals surface area contributed by atoms with E-state index in [1.807, 2.05) is 0 Å². The molecule has 130 valence electrons. The molecule has 0 spiro atoms. The van der Waals surface area contributed by atoms with E-state index in [4.69, 9.17) is 9.47 Å². The molecule has 1 saturated heterocycles. The van der Waals surface area contributed by atoms with E-state index in [0.717, 1.165) is 32.5 Å². The van der Waals surface area contributed by atoms with Gasteiger partial charge in [-0.2, -0.15) is 0 Å². The van der Waals surface area contributed by atoms with E-state index < -0.39 is 0 Å². The highest BCUT2D eigenvalue weighted by atomic mass is 16.5. The zero-order chi connectivity index (χ0) is 16.2. The lowest BCUT2D eigenvalue weighted by atomic mass is 10.1. The summed E-state index contributed by atoms with van der Waals surface area (Å²) in [6, 6.07) is -0.0693. The van der Waals surface area contributed by atoms with Gasteiger partial charge in [0, 0.05) is 33.9 Å². The Bertz CT molecular complexity index is 300. The molecule has 0 aromatic heterocycles. The lowest BCUT2D eigenvalue weighted by molar-refractivity contribution is -0.125. The van der Waals surface area contributed by atoms with Crippen molar-refractivity contribution >= 4 is 5.91 Å².